The minimum Gasteiger partial charge on any atom is -0.368 e. The second kappa shape index (κ2) is 7.69. The number of hydrogen-bond acceptors (Lipinski definition) is 4. The van der Waals surface area contributed by atoms with Crippen LogP contribution >= 0.6 is 27.5 Å². The van der Waals surface area contributed by atoms with Gasteiger partial charge in [-0.15, -0.1) is 0 Å². The average molecular weight is 467 g/mol. The molecular weight excluding hydrogens is 449 g/mol. The van der Waals surface area contributed by atoms with Crippen molar-refractivity contribution in [1.29, 1.82) is 0 Å². The molecule has 1 fully saturated rings. The zero-order chi connectivity index (χ0) is 19.8. The Labute approximate surface area is 174 Å². The molecule has 146 valence electrons. The van der Waals surface area contributed by atoms with Gasteiger partial charge in [0, 0.05) is 37.1 Å². The molecule has 4 N–H and O–H groups in total. The van der Waals surface area contributed by atoms with E-state index in [-0.39, 0.29) is 22.5 Å². The van der Waals surface area contributed by atoms with Crippen LogP contribution in [0.3, 0.4) is 0 Å². The molecule has 1 saturated heterocycles. The molecule has 0 saturated carbocycles. The number of nitrogens with one attached hydrogen (secondary N) is 2. The van der Waals surface area contributed by atoms with E-state index in [4.69, 9.17) is 17.3 Å². The number of anilines is 2. The Bertz CT molecular complexity index is 1060. The Morgan fingerprint density at radius 2 is 2.29 bits per heavy atom. The maximum atomic E-state index is 13.4. The predicted octanol–water partition coefficient (Wildman–Crippen LogP) is 4.30. The lowest BCUT2D eigenvalue weighted by atomic mass is 10.1. The Hall–Kier alpha value is -2.16. The van der Waals surface area contributed by atoms with Gasteiger partial charge in [0.2, 0.25) is 0 Å². The largest absolute Gasteiger partial charge is 0.368 e. The van der Waals surface area contributed by atoms with E-state index in [0.29, 0.717) is 11.3 Å². The smallest absolute Gasteiger partial charge is 0.255 e. The SMILES string of the molecule is NC1CCCN(c2c(Br)cnc3[nH]cc(NC(=O)c4ccc(F)c(Cl)c4)c23)C1. The fraction of sp³-hybridized carbons (Fsp3) is 0.263. The Balaban J connectivity index is 1.72. The standard InChI is InChI=1S/C19H18BrClFN5O/c20-12-7-24-18-16(17(12)27-5-1-2-11(23)9-27)15(8-25-18)26-19(28)10-3-4-14(22)13(21)6-10/h3-4,6-8,11H,1-2,5,9,23H2,(H,24,25)(H,26,28). The molecule has 3 aromatic rings. The summed E-state index contributed by atoms with van der Waals surface area (Å²) in [6.45, 7) is 1.60. The van der Waals surface area contributed by atoms with Crippen molar-refractivity contribution in [1.82, 2.24) is 9.97 Å². The molecule has 1 atom stereocenters. The van der Waals surface area contributed by atoms with Gasteiger partial charge in [0.25, 0.3) is 5.91 Å². The van der Waals surface area contributed by atoms with Crippen LogP contribution in [-0.2, 0) is 0 Å². The summed E-state index contributed by atoms with van der Waals surface area (Å²) in [5, 5.41) is 3.57. The zero-order valence-corrected chi connectivity index (χ0v) is 17.1. The number of carbonyl (C=O) groups excluding carboxylic acids is 1. The molecule has 4 rings (SSSR count). The van der Waals surface area contributed by atoms with Gasteiger partial charge >= 0.3 is 0 Å². The third-order valence-electron chi connectivity index (χ3n) is 4.83. The normalized spacial score (nSPS) is 17.1. The molecule has 1 aromatic carbocycles. The van der Waals surface area contributed by atoms with Crippen LogP contribution in [0.5, 0.6) is 0 Å². The van der Waals surface area contributed by atoms with E-state index in [0.717, 1.165) is 41.5 Å². The van der Waals surface area contributed by atoms with Gasteiger partial charge in [-0.05, 0) is 47.0 Å². The summed E-state index contributed by atoms with van der Waals surface area (Å²) >= 11 is 9.39. The number of aromatic amines is 1. The van der Waals surface area contributed by atoms with Crippen LogP contribution in [-0.4, -0.2) is 35.0 Å². The number of aromatic nitrogens is 2. The molecule has 6 nitrogen and oxygen atoms in total. The van der Waals surface area contributed by atoms with E-state index in [9.17, 15) is 9.18 Å². The van der Waals surface area contributed by atoms with Gasteiger partial charge in [0.05, 0.1) is 26.3 Å². The van der Waals surface area contributed by atoms with E-state index in [1.54, 1.807) is 12.4 Å². The van der Waals surface area contributed by atoms with Crippen molar-refractivity contribution in [2.75, 3.05) is 23.3 Å². The van der Waals surface area contributed by atoms with E-state index >= 15 is 0 Å². The number of H-pyrrole nitrogens is 1. The van der Waals surface area contributed by atoms with Crippen molar-refractivity contribution in [3.05, 3.63) is 51.5 Å². The first-order chi connectivity index (χ1) is 13.4. The minimum absolute atomic E-state index is 0.0982. The molecule has 1 amide bonds. The highest BCUT2D eigenvalue weighted by Gasteiger charge is 2.24. The van der Waals surface area contributed by atoms with Crippen LogP contribution < -0.4 is 16.0 Å². The molecule has 1 aliphatic rings. The molecule has 0 bridgehead atoms. The number of amides is 1. The molecule has 0 aliphatic carbocycles. The highest BCUT2D eigenvalue weighted by molar-refractivity contribution is 9.10. The topological polar surface area (TPSA) is 87.0 Å². The predicted molar refractivity (Wildman–Crippen MR) is 113 cm³/mol. The summed E-state index contributed by atoms with van der Waals surface area (Å²) < 4.78 is 14.2. The van der Waals surface area contributed by atoms with E-state index in [1.165, 1.54) is 18.2 Å². The van der Waals surface area contributed by atoms with Gasteiger partial charge in [-0.3, -0.25) is 4.79 Å². The zero-order valence-electron chi connectivity index (χ0n) is 14.8. The first-order valence-electron chi connectivity index (χ1n) is 8.86. The summed E-state index contributed by atoms with van der Waals surface area (Å²) in [7, 11) is 0. The van der Waals surface area contributed by atoms with E-state index < -0.39 is 5.82 Å². The monoisotopic (exact) mass is 465 g/mol. The van der Waals surface area contributed by atoms with Crippen LogP contribution in [0.2, 0.25) is 5.02 Å². The van der Waals surface area contributed by atoms with Crippen LogP contribution in [0, 0.1) is 5.82 Å². The van der Waals surface area contributed by atoms with Crippen molar-refractivity contribution in [2.45, 2.75) is 18.9 Å². The minimum atomic E-state index is -0.567. The molecule has 1 aliphatic heterocycles. The summed E-state index contributed by atoms with van der Waals surface area (Å²) in [4.78, 5) is 22.4. The highest BCUT2D eigenvalue weighted by Crippen LogP contribution is 2.39. The van der Waals surface area contributed by atoms with E-state index in [1.807, 2.05) is 0 Å². The number of piperidine rings is 1. The number of rotatable bonds is 3. The summed E-state index contributed by atoms with van der Waals surface area (Å²) in [6, 6.07) is 3.97. The van der Waals surface area contributed by atoms with Gasteiger partial charge in [-0.25, -0.2) is 9.37 Å². The fourth-order valence-electron chi connectivity index (χ4n) is 3.51. The number of nitrogens with two attached hydrogens (primary N) is 1. The third kappa shape index (κ3) is 3.59. The Morgan fingerprint density at radius 1 is 1.46 bits per heavy atom. The Kier molecular flexibility index (Phi) is 5.27. The van der Waals surface area contributed by atoms with Crippen LogP contribution in [0.1, 0.15) is 23.2 Å². The number of pyridine rings is 1. The molecule has 0 spiro atoms. The van der Waals surface area contributed by atoms with Gasteiger partial charge in [-0.1, -0.05) is 11.6 Å². The molecule has 9 heteroatoms. The highest BCUT2D eigenvalue weighted by atomic mass is 79.9. The second-order valence-electron chi connectivity index (χ2n) is 6.81. The lowest BCUT2D eigenvalue weighted by Gasteiger charge is -2.33. The molecule has 3 heterocycles. The van der Waals surface area contributed by atoms with Crippen molar-refractivity contribution in [3.8, 4) is 0 Å². The van der Waals surface area contributed by atoms with Crippen LogP contribution in [0.4, 0.5) is 15.8 Å². The quantitative estimate of drug-likeness (QED) is 0.537. The third-order valence-corrected chi connectivity index (χ3v) is 5.70. The molecule has 28 heavy (non-hydrogen) atoms. The van der Waals surface area contributed by atoms with Gasteiger partial charge in [-0.2, -0.15) is 0 Å². The number of benzene rings is 1. The van der Waals surface area contributed by atoms with Crippen molar-refractivity contribution >= 4 is 55.8 Å². The molecule has 2 aromatic heterocycles. The number of carbonyl (C=O) groups is 1. The molecule has 0 radical (unpaired) electrons. The number of halogens is 3. The van der Waals surface area contributed by atoms with E-state index in [2.05, 4.69) is 36.1 Å². The summed E-state index contributed by atoms with van der Waals surface area (Å²) in [5.41, 5.74) is 8.61. The van der Waals surface area contributed by atoms with Crippen molar-refractivity contribution in [3.63, 3.8) is 0 Å². The van der Waals surface area contributed by atoms with Crippen LogP contribution in [0.15, 0.2) is 35.1 Å². The molecular formula is C19H18BrClFN5O. The maximum Gasteiger partial charge on any atom is 0.255 e. The lowest BCUT2D eigenvalue weighted by Crippen LogP contribution is -2.43. The summed E-state index contributed by atoms with van der Waals surface area (Å²) in [5.74, 6) is -0.953. The first kappa shape index (κ1) is 19.2. The fourth-order valence-corrected chi connectivity index (χ4v) is 4.24. The van der Waals surface area contributed by atoms with Crippen molar-refractivity contribution in [2.24, 2.45) is 5.73 Å². The van der Waals surface area contributed by atoms with Crippen molar-refractivity contribution < 1.29 is 9.18 Å². The number of nitrogens with zero attached hydrogens (tertiary/aromatic N) is 2. The van der Waals surface area contributed by atoms with Gasteiger partial charge < -0.3 is 20.9 Å². The maximum absolute atomic E-state index is 13.4. The van der Waals surface area contributed by atoms with Gasteiger partial charge in [0.1, 0.15) is 11.5 Å². The lowest BCUT2D eigenvalue weighted by molar-refractivity contribution is 0.102. The Morgan fingerprint density at radius 3 is 3.04 bits per heavy atom. The van der Waals surface area contributed by atoms with Gasteiger partial charge in [0.15, 0.2) is 0 Å². The number of fused-ring (bicyclic) bond motifs is 1. The second-order valence-corrected chi connectivity index (χ2v) is 8.07. The molecule has 1 unspecified atom stereocenters. The average Bonchev–Trinajstić information content (AvgIpc) is 3.06. The summed E-state index contributed by atoms with van der Waals surface area (Å²) in [6.07, 6.45) is 5.42. The number of hydrogen-bond donors (Lipinski definition) is 3. The first-order valence-corrected chi connectivity index (χ1v) is 10.0. The van der Waals surface area contributed by atoms with Crippen LogP contribution in [0.25, 0.3) is 11.0 Å².